The summed E-state index contributed by atoms with van der Waals surface area (Å²) >= 11 is 0. The molecule has 0 aliphatic rings. The van der Waals surface area contributed by atoms with Crippen LogP contribution >= 0.6 is 0 Å². The van der Waals surface area contributed by atoms with Crippen molar-refractivity contribution in [2.24, 2.45) is 0 Å². The summed E-state index contributed by atoms with van der Waals surface area (Å²) in [4.78, 5) is 10.9. The Morgan fingerprint density at radius 3 is 2.30 bits per heavy atom. The number of carboxylic acids is 1. The van der Waals surface area contributed by atoms with Crippen molar-refractivity contribution >= 4 is 16.0 Å². The highest BCUT2D eigenvalue weighted by atomic mass is 32.2. The Morgan fingerprint density at radius 2 is 1.80 bits per heavy atom. The molecule has 0 unspecified atom stereocenters. The number of unbranched alkanes of at least 4 members (excludes halogenated alkanes) is 1. The molecule has 0 fully saturated rings. The third-order valence-electron chi connectivity index (χ3n) is 2.99. The van der Waals surface area contributed by atoms with Gasteiger partial charge < -0.3 is 5.11 Å². The molecule has 0 spiro atoms. The van der Waals surface area contributed by atoms with E-state index in [1.54, 1.807) is 24.3 Å². The van der Waals surface area contributed by atoms with Crippen molar-refractivity contribution in [3.8, 4) is 0 Å². The van der Waals surface area contributed by atoms with Gasteiger partial charge in [0.05, 0.1) is 11.3 Å². The molecule has 0 saturated carbocycles. The van der Waals surface area contributed by atoms with Crippen LogP contribution < -0.4 is 0 Å². The van der Waals surface area contributed by atoms with E-state index in [4.69, 9.17) is 5.11 Å². The molecule has 5 nitrogen and oxygen atoms in total. The topological polar surface area (TPSA) is 74.7 Å². The quantitative estimate of drug-likeness (QED) is 0.799. The van der Waals surface area contributed by atoms with Crippen LogP contribution in [-0.4, -0.2) is 36.9 Å². The fourth-order valence-electron chi connectivity index (χ4n) is 1.77. The fourth-order valence-corrected chi connectivity index (χ4v) is 3.25. The third kappa shape index (κ3) is 4.61. The van der Waals surface area contributed by atoms with Crippen molar-refractivity contribution in [2.45, 2.75) is 38.0 Å². The van der Waals surface area contributed by atoms with Crippen LogP contribution in [-0.2, 0) is 14.8 Å². The highest BCUT2D eigenvalue weighted by Gasteiger charge is 2.24. The number of aryl methyl sites for hydroxylation is 1. The predicted octanol–water partition coefficient (Wildman–Crippen LogP) is 2.26. The minimum absolute atomic E-state index is 0.00550. The molecule has 1 rings (SSSR count). The van der Waals surface area contributed by atoms with Crippen LogP contribution in [0.2, 0.25) is 0 Å². The maximum atomic E-state index is 12.5. The van der Waals surface area contributed by atoms with Gasteiger partial charge in [-0.1, -0.05) is 31.0 Å². The van der Waals surface area contributed by atoms with Crippen LogP contribution in [0.5, 0.6) is 0 Å². The number of benzene rings is 1. The first-order valence-corrected chi connectivity index (χ1v) is 8.10. The average molecular weight is 299 g/mol. The Hall–Kier alpha value is -1.40. The number of sulfonamides is 1. The molecular formula is C14H21NO4S. The molecule has 0 aliphatic carbocycles. The van der Waals surface area contributed by atoms with Crippen molar-refractivity contribution < 1.29 is 18.3 Å². The van der Waals surface area contributed by atoms with Gasteiger partial charge in [-0.2, -0.15) is 4.31 Å². The second-order valence-corrected chi connectivity index (χ2v) is 6.65. The second kappa shape index (κ2) is 7.40. The minimum atomic E-state index is -3.62. The number of hydrogen-bond acceptors (Lipinski definition) is 3. The Morgan fingerprint density at radius 1 is 1.20 bits per heavy atom. The molecule has 0 atom stereocenters. The standard InChI is InChI=1S/C14H21NO4S/c1-3-4-10-15(11-9-14(16)17)20(18,19)13-7-5-12(2)6-8-13/h5-8H,3-4,9-11H2,1-2H3,(H,16,17). The van der Waals surface area contributed by atoms with Crippen LogP contribution in [0.1, 0.15) is 31.7 Å². The second-order valence-electron chi connectivity index (χ2n) is 4.71. The van der Waals surface area contributed by atoms with E-state index < -0.39 is 16.0 Å². The van der Waals surface area contributed by atoms with Crippen LogP contribution in [0.3, 0.4) is 0 Å². The van der Waals surface area contributed by atoms with E-state index in [-0.39, 0.29) is 17.9 Å². The molecule has 0 radical (unpaired) electrons. The number of rotatable bonds is 8. The van der Waals surface area contributed by atoms with Crippen molar-refractivity contribution in [1.29, 1.82) is 0 Å². The van der Waals surface area contributed by atoms with Gasteiger partial charge in [-0.15, -0.1) is 0 Å². The molecule has 0 saturated heterocycles. The van der Waals surface area contributed by atoms with Crippen molar-refractivity contribution in [3.63, 3.8) is 0 Å². The monoisotopic (exact) mass is 299 g/mol. The molecule has 6 heteroatoms. The average Bonchev–Trinajstić information content (AvgIpc) is 2.38. The molecule has 0 amide bonds. The number of carboxylic acid groups (broad SMARTS) is 1. The SMILES string of the molecule is CCCCN(CCC(=O)O)S(=O)(=O)c1ccc(C)cc1. The Balaban J connectivity index is 2.96. The van der Waals surface area contributed by atoms with Gasteiger partial charge in [0.2, 0.25) is 10.0 Å². The highest BCUT2D eigenvalue weighted by Crippen LogP contribution is 2.17. The number of hydrogen-bond donors (Lipinski definition) is 1. The summed E-state index contributed by atoms with van der Waals surface area (Å²) in [6.45, 7) is 4.20. The summed E-state index contributed by atoms with van der Waals surface area (Å²) in [5, 5.41) is 8.74. The van der Waals surface area contributed by atoms with Crippen LogP contribution in [0, 0.1) is 6.92 Å². The van der Waals surface area contributed by atoms with E-state index in [9.17, 15) is 13.2 Å². The molecular weight excluding hydrogens is 278 g/mol. The highest BCUT2D eigenvalue weighted by molar-refractivity contribution is 7.89. The molecule has 1 aromatic carbocycles. The van der Waals surface area contributed by atoms with Crippen molar-refractivity contribution in [1.82, 2.24) is 4.31 Å². The lowest BCUT2D eigenvalue weighted by atomic mass is 10.2. The number of carbonyl (C=O) groups is 1. The molecule has 1 aromatic rings. The van der Waals surface area contributed by atoms with Gasteiger partial charge in [-0.05, 0) is 25.5 Å². The Bertz CT molecular complexity index is 537. The molecule has 1 N–H and O–H groups in total. The maximum Gasteiger partial charge on any atom is 0.304 e. The Labute approximate surface area is 120 Å². The van der Waals surface area contributed by atoms with Crippen molar-refractivity contribution in [2.75, 3.05) is 13.1 Å². The lowest BCUT2D eigenvalue weighted by molar-refractivity contribution is -0.137. The van der Waals surface area contributed by atoms with Gasteiger partial charge in [0.25, 0.3) is 0 Å². The maximum absolute atomic E-state index is 12.5. The molecule has 20 heavy (non-hydrogen) atoms. The first-order valence-electron chi connectivity index (χ1n) is 6.66. The largest absolute Gasteiger partial charge is 0.481 e. The molecule has 0 aliphatic heterocycles. The lowest BCUT2D eigenvalue weighted by Gasteiger charge is -2.21. The smallest absolute Gasteiger partial charge is 0.304 e. The summed E-state index contributed by atoms with van der Waals surface area (Å²) in [6, 6.07) is 6.60. The normalized spacial score (nSPS) is 11.8. The predicted molar refractivity (Wildman–Crippen MR) is 77.1 cm³/mol. The van der Waals surface area contributed by atoms with Crippen LogP contribution in [0.15, 0.2) is 29.2 Å². The van der Waals surface area contributed by atoms with Crippen LogP contribution in [0.4, 0.5) is 0 Å². The van der Waals surface area contributed by atoms with E-state index in [2.05, 4.69) is 0 Å². The first-order chi connectivity index (χ1) is 9.37. The lowest BCUT2D eigenvalue weighted by Crippen LogP contribution is -2.34. The summed E-state index contributed by atoms with van der Waals surface area (Å²) in [5.41, 5.74) is 0.981. The fraction of sp³-hybridized carbons (Fsp3) is 0.500. The van der Waals surface area contributed by atoms with Crippen molar-refractivity contribution in [3.05, 3.63) is 29.8 Å². The Kier molecular flexibility index (Phi) is 6.16. The number of aliphatic carboxylic acids is 1. The number of nitrogens with zero attached hydrogens (tertiary/aromatic N) is 1. The van der Waals surface area contributed by atoms with E-state index in [1.807, 2.05) is 13.8 Å². The summed E-state index contributed by atoms with van der Waals surface area (Å²) in [6.07, 6.45) is 1.38. The zero-order chi connectivity index (χ0) is 15.2. The molecule has 0 bridgehead atoms. The summed E-state index contributed by atoms with van der Waals surface area (Å²) < 4.78 is 26.2. The van der Waals surface area contributed by atoms with E-state index in [0.29, 0.717) is 13.0 Å². The third-order valence-corrected chi connectivity index (χ3v) is 4.91. The minimum Gasteiger partial charge on any atom is -0.481 e. The molecule has 0 aromatic heterocycles. The van der Waals surface area contributed by atoms with Gasteiger partial charge in [0, 0.05) is 13.1 Å². The van der Waals surface area contributed by atoms with E-state index in [0.717, 1.165) is 12.0 Å². The van der Waals surface area contributed by atoms with Gasteiger partial charge >= 0.3 is 5.97 Å². The van der Waals surface area contributed by atoms with Gasteiger partial charge in [0.15, 0.2) is 0 Å². The van der Waals surface area contributed by atoms with E-state index in [1.165, 1.54) is 4.31 Å². The van der Waals surface area contributed by atoms with Gasteiger partial charge in [-0.25, -0.2) is 8.42 Å². The summed E-state index contributed by atoms with van der Waals surface area (Å²) in [7, 11) is -3.62. The van der Waals surface area contributed by atoms with Gasteiger partial charge in [-0.3, -0.25) is 4.79 Å². The van der Waals surface area contributed by atoms with Crippen LogP contribution in [0.25, 0.3) is 0 Å². The molecule has 112 valence electrons. The van der Waals surface area contributed by atoms with E-state index >= 15 is 0 Å². The zero-order valence-electron chi connectivity index (χ0n) is 11.9. The zero-order valence-corrected chi connectivity index (χ0v) is 12.7. The molecule has 0 heterocycles. The van der Waals surface area contributed by atoms with Gasteiger partial charge in [0.1, 0.15) is 0 Å². The first kappa shape index (κ1) is 16.7. The summed E-state index contributed by atoms with van der Waals surface area (Å²) in [5.74, 6) is -0.995.